The molecule has 0 spiro atoms. The van der Waals surface area contributed by atoms with E-state index in [1.807, 2.05) is 6.92 Å². The molecule has 2 aromatic heterocycles. The fraction of sp³-hybridized carbons (Fsp3) is 0.222. The van der Waals surface area contributed by atoms with E-state index in [2.05, 4.69) is 4.98 Å². The number of imidazole rings is 1. The van der Waals surface area contributed by atoms with Gasteiger partial charge in [0.1, 0.15) is 11.4 Å². The number of hydrogen-bond acceptors (Lipinski definition) is 3. The van der Waals surface area contributed by atoms with E-state index in [-0.39, 0.29) is 11.3 Å². The lowest BCUT2D eigenvalue weighted by atomic mass is 10.1. The topological polar surface area (TPSA) is 63.8 Å². The first-order valence-electron chi connectivity index (χ1n) is 7.65. The highest BCUT2D eigenvalue weighted by molar-refractivity contribution is 5.76. The minimum Gasteiger partial charge on any atom is -0.496 e. The number of halogens is 3. The van der Waals surface area contributed by atoms with Crippen molar-refractivity contribution in [3.05, 3.63) is 53.3 Å². The number of aryl methyl sites for hydroxylation is 1. The van der Waals surface area contributed by atoms with Gasteiger partial charge in [0.2, 0.25) is 0 Å². The second kappa shape index (κ2) is 6.36. The quantitative estimate of drug-likeness (QED) is 0.761. The lowest BCUT2D eigenvalue weighted by Crippen LogP contribution is -2.09. The Morgan fingerprint density at radius 3 is 2.58 bits per heavy atom. The average Bonchev–Trinajstić information content (AvgIpc) is 2.91. The molecule has 8 heteroatoms. The Kier molecular flexibility index (Phi) is 4.35. The summed E-state index contributed by atoms with van der Waals surface area (Å²) in [5.41, 5.74) is 1.31. The van der Waals surface area contributed by atoms with Gasteiger partial charge in [-0.1, -0.05) is 0 Å². The molecule has 0 aliphatic rings. The Labute approximate surface area is 146 Å². The van der Waals surface area contributed by atoms with E-state index in [0.717, 1.165) is 17.8 Å². The van der Waals surface area contributed by atoms with Crippen molar-refractivity contribution in [2.24, 2.45) is 0 Å². The van der Waals surface area contributed by atoms with Crippen LogP contribution in [-0.4, -0.2) is 27.6 Å². The van der Waals surface area contributed by atoms with Crippen LogP contribution >= 0.6 is 0 Å². The van der Waals surface area contributed by atoms with Gasteiger partial charge in [0.05, 0.1) is 30.5 Å². The van der Waals surface area contributed by atoms with Crippen molar-refractivity contribution < 1.29 is 27.8 Å². The van der Waals surface area contributed by atoms with Gasteiger partial charge in [0, 0.05) is 11.8 Å². The average molecular weight is 364 g/mol. The third-order valence-corrected chi connectivity index (χ3v) is 4.03. The van der Waals surface area contributed by atoms with E-state index >= 15 is 0 Å². The lowest BCUT2D eigenvalue weighted by molar-refractivity contribution is -0.138. The number of rotatable bonds is 4. The third-order valence-electron chi connectivity index (χ3n) is 4.03. The third kappa shape index (κ3) is 3.22. The standard InChI is InChI=1S/C18H15F3N2O3/c1-10-7-11(3-5-14(10)26-2)17-13(8-16(24)25)23-9-12(18(19,20)21)4-6-15(23)22-17/h3-7,9H,8H2,1-2H3,(H,24,25). The molecule has 0 aliphatic carbocycles. The molecule has 1 N–H and O–H groups in total. The van der Waals surface area contributed by atoms with E-state index in [1.54, 1.807) is 18.2 Å². The van der Waals surface area contributed by atoms with Gasteiger partial charge in [-0.3, -0.25) is 4.79 Å². The SMILES string of the molecule is COc1ccc(-c2nc3ccc(C(F)(F)F)cn3c2CC(=O)O)cc1C. The smallest absolute Gasteiger partial charge is 0.417 e. The van der Waals surface area contributed by atoms with Gasteiger partial charge < -0.3 is 14.2 Å². The zero-order valence-corrected chi connectivity index (χ0v) is 14.0. The summed E-state index contributed by atoms with van der Waals surface area (Å²) in [7, 11) is 1.53. The van der Waals surface area contributed by atoms with Gasteiger partial charge in [0.15, 0.2) is 0 Å². The van der Waals surface area contributed by atoms with Crippen LogP contribution < -0.4 is 4.74 Å². The zero-order chi connectivity index (χ0) is 19.1. The van der Waals surface area contributed by atoms with Crippen LogP contribution in [0.4, 0.5) is 13.2 Å². The molecule has 3 rings (SSSR count). The fourth-order valence-corrected chi connectivity index (χ4v) is 2.83. The molecule has 0 fully saturated rings. The first-order valence-corrected chi connectivity index (χ1v) is 7.65. The summed E-state index contributed by atoms with van der Waals surface area (Å²) in [6, 6.07) is 7.32. The van der Waals surface area contributed by atoms with Crippen molar-refractivity contribution in [3.63, 3.8) is 0 Å². The molecule has 2 heterocycles. The molecule has 0 saturated carbocycles. The fourth-order valence-electron chi connectivity index (χ4n) is 2.83. The molecule has 26 heavy (non-hydrogen) atoms. The maximum absolute atomic E-state index is 13.0. The molecule has 1 aromatic carbocycles. The summed E-state index contributed by atoms with van der Waals surface area (Å²) < 4.78 is 45.4. The summed E-state index contributed by atoms with van der Waals surface area (Å²) >= 11 is 0. The van der Waals surface area contributed by atoms with Crippen LogP contribution in [0.15, 0.2) is 36.5 Å². The molecule has 0 bridgehead atoms. The van der Waals surface area contributed by atoms with Crippen LogP contribution in [0.2, 0.25) is 0 Å². The number of aromatic nitrogens is 2. The van der Waals surface area contributed by atoms with Crippen LogP contribution in [0.3, 0.4) is 0 Å². The van der Waals surface area contributed by atoms with Crippen molar-refractivity contribution >= 4 is 11.6 Å². The van der Waals surface area contributed by atoms with E-state index in [0.29, 0.717) is 17.0 Å². The number of aliphatic carboxylic acids is 1. The van der Waals surface area contributed by atoms with Gasteiger partial charge in [-0.15, -0.1) is 0 Å². The second-order valence-electron chi connectivity index (χ2n) is 5.81. The number of carboxylic acid groups (broad SMARTS) is 1. The Balaban J connectivity index is 2.24. The number of pyridine rings is 1. The minimum atomic E-state index is -4.53. The first-order chi connectivity index (χ1) is 12.2. The molecular formula is C18H15F3N2O3. The predicted molar refractivity (Wildman–Crippen MR) is 88.3 cm³/mol. The predicted octanol–water partition coefficient (Wildman–Crippen LogP) is 3.96. The summed E-state index contributed by atoms with van der Waals surface area (Å²) in [4.78, 5) is 15.6. The number of ether oxygens (including phenoxy) is 1. The van der Waals surface area contributed by atoms with Crippen molar-refractivity contribution in [1.82, 2.24) is 9.38 Å². The van der Waals surface area contributed by atoms with E-state index in [4.69, 9.17) is 4.74 Å². The monoisotopic (exact) mass is 364 g/mol. The number of alkyl halides is 3. The Hall–Kier alpha value is -3.03. The minimum absolute atomic E-state index is 0.183. The van der Waals surface area contributed by atoms with Crippen LogP contribution in [-0.2, 0) is 17.4 Å². The number of carbonyl (C=O) groups is 1. The molecule has 0 radical (unpaired) electrons. The molecule has 136 valence electrons. The van der Waals surface area contributed by atoms with Gasteiger partial charge in [-0.2, -0.15) is 13.2 Å². The highest BCUT2D eigenvalue weighted by atomic mass is 19.4. The number of benzene rings is 1. The van der Waals surface area contributed by atoms with Crippen LogP contribution in [0.25, 0.3) is 16.9 Å². The molecule has 0 atom stereocenters. The summed E-state index contributed by atoms with van der Waals surface area (Å²) in [5, 5.41) is 9.20. The maximum atomic E-state index is 13.0. The van der Waals surface area contributed by atoms with Crippen LogP contribution in [0, 0.1) is 6.92 Å². The normalized spacial score (nSPS) is 11.7. The van der Waals surface area contributed by atoms with Crippen molar-refractivity contribution in [1.29, 1.82) is 0 Å². The summed E-state index contributed by atoms with van der Waals surface area (Å²) in [6.45, 7) is 1.82. The van der Waals surface area contributed by atoms with Gasteiger partial charge in [0.25, 0.3) is 0 Å². The molecule has 0 amide bonds. The number of nitrogens with zero attached hydrogens (tertiary/aromatic N) is 2. The van der Waals surface area contributed by atoms with Crippen LogP contribution in [0.5, 0.6) is 5.75 Å². The Morgan fingerprint density at radius 1 is 1.27 bits per heavy atom. The van der Waals surface area contributed by atoms with E-state index in [9.17, 15) is 23.1 Å². The van der Waals surface area contributed by atoms with Crippen LogP contribution in [0.1, 0.15) is 16.8 Å². The first kappa shape index (κ1) is 17.8. The highest BCUT2D eigenvalue weighted by Gasteiger charge is 2.31. The van der Waals surface area contributed by atoms with Crippen molar-refractivity contribution in [2.45, 2.75) is 19.5 Å². The highest BCUT2D eigenvalue weighted by Crippen LogP contribution is 2.33. The largest absolute Gasteiger partial charge is 0.496 e. The number of methoxy groups -OCH3 is 1. The van der Waals surface area contributed by atoms with Gasteiger partial charge in [-0.05, 0) is 42.8 Å². The van der Waals surface area contributed by atoms with E-state index < -0.39 is 24.1 Å². The summed E-state index contributed by atoms with van der Waals surface area (Å²) in [6.07, 6.45) is -4.11. The van der Waals surface area contributed by atoms with Gasteiger partial charge in [-0.25, -0.2) is 4.98 Å². The lowest BCUT2D eigenvalue weighted by Gasteiger charge is -2.09. The Morgan fingerprint density at radius 2 is 2.00 bits per heavy atom. The molecular weight excluding hydrogens is 349 g/mol. The van der Waals surface area contributed by atoms with E-state index in [1.165, 1.54) is 17.6 Å². The molecule has 5 nitrogen and oxygen atoms in total. The molecule has 0 unspecified atom stereocenters. The van der Waals surface area contributed by atoms with Crippen molar-refractivity contribution in [2.75, 3.05) is 7.11 Å². The Bertz CT molecular complexity index is 993. The molecule has 0 saturated heterocycles. The number of hydrogen-bond donors (Lipinski definition) is 1. The second-order valence-corrected chi connectivity index (χ2v) is 5.81. The number of carboxylic acids is 1. The molecule has 0 aliphatic heterocycles. The van der Waals surface area contributed by atoms with Gasteiger partial charge >= 0.3 is 12.1 Å². The number of fused-ring (bicyclic) bond motifs is 1. The summed E-state index contributed by atoms with van der Waals surface area (Å²) in [5.74, 6) is -0.507. The maximum Gasteiger partial charge on any atom is 0.417 e. The van der Waals surface area contributed by atoms with Crippen molar-refractivity contribution in [3.8, 4) is 17.0 Å². The zero-order valence-electron chi connectivity index (χ0n) is 14.0. The molecule has 3 aromatic rings.